The van der Waals surface area contributed by atoms with E-state index in [1.165, 1.54) is 5.56 Å². The number of anilines is 2. The Hall–Kier alpha value is -2.99. The van der Waals surface area contributed by atoms with Gasteiger partial charge in [0, 0.05) is 28.9 Å². The third-order valence-electron chi connectivity index (χ3n) is 4.38. The highest BCUT2D eigenvalue weighted by Gasteiger charge is 2.17. The van der Waals surface area contributed by atoms with Crippen LogP contribution in [0.2, 0.25) is 0 Å². The largest absolute Gasteiger partial charge is 0.486 e. The average Bonchev–Trinajstić information content (AvgIpc) is 3.29. The fourth-order valence-electron chi connectivity index (χ4n) is 3.12. The lowest BCUT2D eigenvalue weighted by molar-refractivity contribution is 0.171. The second-order valence-corrected chi connectivity index (χ2v) is 7.02. The van der Waals surface area contributed by atoms with Crippen LogP contribution in [0.4, 0.5) is 11.5 Å². The number of imidazole rings is 1. The molecule has 1 aromatic carbocycles. The summed E-state index contributed by atoms with van der Waals surface area (Å²) in [5, 5.41) is 7.71. The van der Waals surface area contributed by atoms with Gasteiger partial charge in [-0.2, -0.15) is 11.3 Å². The van der Waals surface area contributed by atoms with Crippen molar-refractivity contribution in [1.82, 2.24) is 9.38 Å². The molecule has 4 heterocycles. The van der Waals surface area contributed by atoms with Crippen molar-refractivity contribution in [2.75, 3.05) is 18.5 Å². The second kappa shape index (κ2) is 6.07. The van der Waals surface area contributed by atoms with Crippen LogP contribution in [0, 0.1) is 6.92 Å². The minimum absolute atomic E-state index is 0.575. The summed E-state index contributed by atoms with van der Waals surface area (Å²) in [6.45, 7) is 3.24. The first-order chi connectivity index (χ1) is 12.8. The fraction of sp³-hybridized carbons (Fsp3) is 0.150. The number of hydrogen-bond acceptors (Lipinski definition) is 5. The molecule has 130 valence electrons. The highest BCUT2D eigenvalue weighted by Crippen LogP contribution is 2.36. The Labute approximate surface area is 154 Å². The van der Waals surface area contributed by atoms with Crippen molar-refractivity contribution in [1.29, 1.82) is 0 Å². The van der Waals surface area contributed by atoms with Crippen molar-refractivity contribution in [3.05, 3.63) is 58.9 Å². The predicted molar refractivity (Wildman–Crippen MR) is 104 cm³/mol. The van der Waals surface area contributed by atoms with Crippen molar-refractivity contribution < 1.29 is 9.47 Å². The zero-order valence-corrected chi connectivity index (χ0v) is 15.0. The molecule has 0 saturated carbocycles. The number of nitrogens with zero attached hydrogens (tertiary/aromatic N) is 2. The van der Waals surface area contributed by atoms with Gasteiger partial charge >= 0.3 is 0 Å². The van der Waals surface area contributed by atoms with E-state index in [9.17, 15) is 0 Å². The van der Waals surface area contributed by atoms with Crippen LogP contribution in [0.15, 0.2) is 53.4 Å². The van der Waals surface area contributed by atoms with Crippen LogP contribution < -0.4 is 14.8 Å². The molecular weight excluding hydrogens is 346 g/mol. The van der Waals surface area contributed by atoms with Gasteiger partial charge < -0.3 is 14.8 Å². The van der Waals surface area contributed by atoms with Gasteiger partial charge in [0.05, 0.1) is 0 Å². The molecule has 0 fully saturated rings. The van der Waals surface area contributed by atoms with Crippen molar-refractivity contribution in [3.8, 4) is 22.8 Å². The molecule has 1 aliphatic rings. The summed E-state index contributed by atoms with van der Waals surface area (Å²) >= 11 is 1.67. The molecule has 0 aliphatic carbocycles. The molecule has 4 aromatic rings. The number of nitrogens with one attached hydrogen (secondary N) is 1. The summed E-state index contributed by atoms with van der Waals surface area (Å²) in [6.07, 6.45) is 2.05. The summed E-state index contributed by atoms with van der Waals surface area (Å²) in [6, 6.07) is 12.2. The van der Waals surface area contributed by atoms with Crippen LogP contribution in [0.1, 0.15) is 5.56 Å². The van der Waals surface area contributed by atoms with Crippen LogP contribution in [0.5, 0.6) is 11.5 Å². The molecule has 0 amide bonds. The minimum Gasteiger partial charge on any atom is -0.486 e. The van der Waals surface area contributed by atoms with E-state index < -0.39 is 0 Å². The van der Waals surface area contributed by atoms with E-state index in [2.05, 4.69) is 45.6 Å². The number of aryl methyl sites for hydroxylation is 1. The van der Waals surface area contributed by atoms with E-state index in [1.54, 1.807) is 11.3 Å². The quantitative estimate of drug-likeness (QED) is 0.563. The van der Waals surface area contributed by atoms with Crippen molar-refractivity contribution >= 4 is 28.5 Å². The van der Waals surface area contributed by atoms with Gasteiger partial charge in [-0.15, -0.1) is 0 Å². The van der Waals surface area contributed by atoms with E-state index in [1.807, 2.05) is 24.4 Å². The maximum atomic E-state index is 5.70. The Balaban J connectivity index is 1.62. The van der Waals surface area contributed by atoms with Crippen molar-refractivity contribution in [3.63, 3.8) is 0 Å². The summed E-state index contributed by atoms with van der Waals surface area (Å²) < 4.78 is 13.4. The molecule has 0 spiro atoms. The zero-order valence-electron chi connectivity index (χ0n) is 14.2. The number of aromatic nitrogens is 2. The van der Waals surface area contributed by atoms with E-state index in [-0.39, 0.29) is 0 Å². The smallest absolute Gasteiger partial charge is 0.163 e. The lowest BCUT2D eigenvalue weighted by Gasteiger charge is -2.19. The van der Waals surface area contributed by atoms with E-state index in [0.29, 0.717) is 13.2 Å². The lowest BCUT2D eigenvalue weighted by Crippen LogP contribution is -2.15. The van der Waals surface area contributed by atoms with Crippen LogP contribution in [-0.4, -0.2) is 22.6 Å². The Morgan fingerprint density at radius 2 is 1.96 bits per heavy atom. The minimum atomic E-state index is 0.575. The SMILES string of the molecule is Cc1ccn2c(Nc3ccc4c(c3)OCCO4)c(-c3ccsc3)nc2c1. The van der Waals surface area contributed by atoms with Crippen LogP contribution in [-0.2, 0) is 0 Å². The summed E-state index contributed by atoms with van der Waals surface area (Å²) in [7, 11) is 0. The van der Waals surface area contributed by atoms with Crippen molar-refractivity contribution in [2.45, 2.75) is 6.92 Å². The first-order valence-electron chi connectivity index (χ1n) is 8.46. The first-order valence-corrected chi connectivity index (χ1v) is 9.40. The van der Waals surface area contributed by atoms with Gasteiger partial charge in [-0.3, -0.25) is 4.40 Å². The van der Waals surface area contributed by atoms with Gasteiger partial charge in [-0.25, -0.2) is 4.98 Å². The van der Waals surface area contributed by atoms with Gasteiger partial charge in [0.2, 0.25) is 0 Å². The van der Waals surface area contributed by atoms with E-state index >= 15 is 0 Å². The maximum absolute atomic E-state index is 5.70. The lowest BCUT2D eigenvalue weighted by atomic mass is 10.2. The molecule has 0 saturated heterocycles. The van der Waals surface area contributed by atoms with Gasteiger partial charge in [0.15, 0.2) is 11.5 Å². The molecule has 5 nitrogen and oxygen atoms in total. The number of hydrogen-bond donors (Lipinski definition) is 1. The maximum Gasteiger partial charge on any atom is 0.163 e. The topological polar surface area (TPSA) is 47.8 Å². The summed E-state index contributed by atoms with van der Waals surface area (Å²) in [4.78, 5) is 4.85. The van der Waals surface area contributed by atoms with Gasteiger partial charge in [-0.05, 0) is 48.2 Å². The normalized spacial score (nSPS) is 13.1. The molecule has 1 N–H and O–H groups in total. The summed E-state index contributed by atoms with van der Waals surface area (Å²) in [5.74, 6) is 2.49. The molecular formula is C20H17N3O2S. The van der Waals surface area contributed by atoms with Gasteiger partial charge in [-0.1, -0.05) is 0 Å². The second-order valence-electron chi connectivity index (χ2n) is 6.24. The Kier molecular flexibility index (Phi) is 3.57. The molecule has 6 heteroatoms. The number of ether oxygens (including phenoxy) is 2. The number of fused-ring (bicyclic) bond motifs is 2. The van der Waals surface area contributed by atoms with E-state index in [4.69, 9.17) is 14.5 Å². The number of benzene rings is 1. The number of thiophene rings is 1. The summed E-state index contributed by atoms with van der Waals surface area (Å²) in [5.41, 5.74) is 5.09. The number of pyridine rings is 1. The molecule has 0 radical (unpaired) electrons. The van der Waals surface area contributed by atoms with Crippen LogP contribution in [0.25, 0.3) is 16.9 Å². The molecule has 5 rings (SSSR count). The third-order valence-corrected chi connectivity index (χ3v) is 5.06. The molecule has 1 aliphatic heterocycles. The standard InChI is InChI=1S/C20H17N3O2S/c1-13-4-6-23-18(10-13)22-19(14-5-9-26-12-14)20(23)21-15-2-3-16-17(11-15)25-8-7-24-16/h2-6,9-12,21H,7-8H2,1H3. The number of rotatable bonds is 3. The van der Waals surface area contributed by atoms with Crippen LogP contribution >= 0.6 is 11.3 Å². The van der Waals surface area contributed by atoms with E-state index in [0.717, 1.165) is 39.9 Å². The Bertz CT molecular complexity index is 1090. The average molecular weight is 363 g/mol. The zero-order chi connectivity index (χ0) is 17.5. The highest BCUT2D eigenvalue weighted by molar-refractivity contribution is 7.08. The van der Waals surface area contributed by atoms with Crippen molar-refractivity contribution in [2.24, 2.45) is 0 Å². The molecule has 0 atom stereocenters. The molecule has 0 bridgehead atoms. The monoisotopic (exact) mass is 363 g/mol. The predicted octanol–water partition coefficient (Wildman–Crippen LogP) is 4.89. The third kappa shape index (κ3) is 2.59. The Morgan fingerprint density at radius 3 is 2.81 bits per heavy atom. The van der Waals surface area contributed by atoms with Crippen LogP contribution in [0.3, 0.4) is 0 Å². The molecule has 3 aromatic heterocycles. The highest BCUT2D eigenvalue weighted by atomic mass is 32.1. The molecule has 26 heavy (non-hydrogen) atoms. The first kappa shape index (κ1) is 15.3. The Morgan fingerprint density at radius 1 is 1.08 bits per heavy atom. The van der Waals surface area contributed by atoms with Gasteiger partial charge in [0.1, 0.15) is 30.4 Å². The molecule has 0 unspecified atom stereocenters. The van der Waals surface area contributed by atoms with Gasteiger partial charge in [0.25, 0.3) is 0 Å². The fourth-order valence-corrected chi connectivity index (χ4v) is 3.76.